The standard InChI is InChI=1S/C28H32ClN7O3/c1-7-26(37)31-20-15-21(25(39-6)16-23(20)35(4)14-13-34(2)3)32-28-30-17-19(29)27(33-28)36-12-11-18-22(36)9-8-10-24(18)38-5/h7-12,15-17H,1,13-14H2,2-6H3,(H,31,37)(H,30,32,33). The van der Waals surface area contributed by atoms with E-state index in [0.29, 0.717) is 33.9 Å². The molecule has 2 N–H and O–H groups in total. The number of hydrogen-bond acceptors (Lipinski definition) is 8. The van der Waals surface area contributed by atoms with Crippen LogP contribution in [0.2, 0.25) is 5.02 Å². The monoisotopic (exact) mass is 549 g/mol. The van der Waals surface area contributed by atoms with Crippen LogP contribution in [0.5, 0.6) is 11.5 Å². The predicted molar refractivity (Wildman–Crippen MR) is 157 cm³/mol. The summed E-state index contributed by atoms with van der Waals surface area (Å²) in [5, 5.41) is 7.43. The molecule has 0 unspecified atom stereocenters. The Balaban J connectivity index is 1.73. The van der Waals surface area contributed by atoms with Gasteiger partial charge in [-0.15, -0.1) is 0 Å². The summed E-state index contributed by atoms with van der Waals surface area (Å²) in [6.07, 6.45) is 4.65. The maximum atomic E-state index is 12.3. The van der Waals surface area contributed by atoms with Crippen molar-refractivity contribution in [3.05, 3.63) is 66.5 Å². The highest BCUT2D eigenvalue weighted by Crippen LogP contribution is 2.38. The summed E-state index contributed by atoms with van der Waals surface area (Å²) in [5.74, 6) is 1.77. The molecule has 0 bridgehead atoms. The molecular formula is C28H32ClN7O3. The number of carbonyl (C=O) groups excluding carboxylic acids is 1. The lowest BCUT2D eigenvalue weighted by Gasteiger charge is -2.26. The van der Waals surface area contributed by atoms with Gasteiger partial charge in [-0.25, -0.2) is 4.98 Å². The quantitative estimate of drug-likeness (QED) is 0.253. The van der Waals surface area contributed by atoms with Crippen molar-refractivity contribution in [1.82, 2.24) is 19.4 Å². The van der Waals surface area contributed by atoms with E-state index in [-0.39, 0.29) is 5.91 Å². The molecule has 204 valence electrons. The summed E-state index contributed by atoms with van der Waals surface area (Å²) in [4.78, 5) is 25.5. The van der Waals surface area contributed by atoms with Crippen molar-refractivity contribution in [2.45, 2.75) is 0 Å². The number of aromatic nitrogens is 3. The second kappa shape index (κ2) is 12.1. The van der Waals surface area contributed by atoms with E-state index in [1.807, 2.05) is 67.1 Å². The Morgan fingerprint density at radius 1 is 1.10 bits per heavy atom. The first-order valence-electron chi connectivity index (χ1n) is 12.2. The third-order valence-corrected chi connectivity index (χ3v) is 6.43. The minimum atomic E-state index is -0.326. The Hall–Kier alpha value is -4.28. The highest BCUT2D eigenvalue weighted by atomic mass is 35.5. The number of halogens is 1. The predicted octanol–water partition coefficient (Wildman–Crippen LogP) is 4.96. The Kier molecular flexibility index (Phi) is 8.58. The largest absolute Gasteiger partial charge is 0.496 e. The Morgan fingerprint density at radius 3 is 2.56 bits per heavy atom. The maximum Gasteiger partial charge on any atom is 0.247 e. The number of ether oxygens (including phenoxy) is 2. The van der Waals surface area contributed by atoms with Crippen LogP contribution in [0.15, 0.2) is 61.4 Å². The number of anilines is 4. The molecule has 0 spiro atoms. The third-order valence-electron chi connectivity index (χ3n) is 6.17. The van der Waals surface area contributed by atoms with Gasteiger partial charge >= 0.3 is 0 Å². The zero-order valence-corrected chi connectivity index (χ0v) is 23.4. The van der Waals surface area contributed by atoms with Crippen molar-refractivity contribution in [3.63, 3.8) is 0 Å². The van der Waals surface area contributed by atoms with Gasteiger partial charge in [0.05, 0.1) is 43.0 Å². The number of hydrogen-bond donors (Lipinski definition) is 2. The van der Waals surface area contributed by atoms with Crippen LogP contribution in [0, 0.1) is 0 Å². The number of rotatable bonds is 11. The molecule has 0 atom stereocenters. The topological polar surface area (TPSA) is 96.8 Å². The summed E-state index contributed by atoms with van der Waals surface area (Å²) < 4.78 is 13.1. The molecule has 0 aliphatic carbocycles. The number of carbonyl (C=O) groups is 1. The third kappa shape index (κ3) is 6.08. The molecule has 0 saturated carbocycles. The molecule has 0 radical (unpaired) electrons. The molecule has 4 aromatic rings. The molecule has 0 fully saturated rings. The number of benzene rings is 2. The van der Waals surface area contributed by atoms with E-state index < -0.39 is 0 Å². The van der Waals surface area contributed by atoms with Crippen LogP contribution in [-0.2, 0) is 4.79 Å². The molecule has 2 heterocycles. The molecule has 10 nitrogen and oxygen atoms in total. The minimum Gasteiger partial charge on any atom is -0.496 e. The fraction of sp³-hybridized carbons (Fsp3) is 0.250. The number of fused-ring (bicyclic) bond motifs is 1. The molecule has 2 aromatic carbocycles. The van der Waals surface area contributed by atoms with Crippen LogP contribution in [0.1, 0.15) is 0 Å². The van der Waals surface area contributed by atoms with Gasteiger partial charge in [0.2, 0.25) is 11.9 Å². The molecule has 0 aliphatic heterocycles. The van der Waals surface area contributed by atoms with Crippen molar-refractivity contribution < 1.29 is 14.3 Å². The highest BCUT2D eigenvalue weighted by Gasteiger charge is 2.18. The summed E-state index contributed by atoms with van der Waals surface area (Å²) in [6, 6.07) is 11.4. The van der Waals surface area contributed by atoms with Gasteiger partial charge in [-0.1, -0.05) is 24.2 Å². The van der Waals surface area contributed by atoms with Gasteiger partial charge < -0.3 is 29.9 Å². The van der Waals surface area contributed by atoms with Crippen LogP contribution < -0.4 is 25.0 Å². The smallest absolute Gasteiger partial charge is 0.247 e. The molecular weight excluding hydrogens is 518 g/mol. The van der Waals surface area contributed by atoms with Crippen molar-refractivity contribution >= 4 is 51.4 Å². The zero-order chi connectivity index (χ0) is 28.1. The fourth-order valence-corrected chi connectivity index (χ4v) is 4.30. The number of amides is 1. The summed E-state index contributed by atoms with van der Waals surface area (Å²) >= 11 is 6.53. The fourth-order valence-electron chi connectivity index (χ4n) is 4.12. The van der Waals surface area contributed by atoms with E-state index in [9.17, 15) is 4.79 Å². The van der Waals surface area contributed by atoms with Crippen molar-refractivity contribution in [1.29, 1.82) is 0 Å². The molecule has 2 aromatic heterocycles. The second-order valence-corrected chi connectivity index (χ2v) is 9.46. The van der Waals surface area contributed by atoms with Gasteiger partial charge in [-0.05, 0) is 44.4 Å². The van der Waals surface area contributed by atoms with E-state index in [4.69, 9.17) is 26.1 Å². The lowest BCUT2D eigenvalue weighted by atomic mass is 10.2. The van der Waals surface area contributed by atoms with Crippen molar-refractivity contribution in [3.8, 4) is 17.3 Å². The maximum absolute atomic E-state index is 12.3. The van der Waals surface area contributed by atoms with Crippen LogP contribution in [-0.4, -0.2) is 73.8 Å². The van der Waals surface area contributed by atoms with E-state index in [2.05, 4.69) is 27.1 Å². The normalized spacial score (nSPS) is 10.9. The summed E-state index contributed by atoms with van der Waals surface area (Å²) in [5.41, 5.74) is 2.83. The second-order valence-electron chi connectivity index (χ2n) is 9.06. The first-order valence-corrected chi connectivity index (χ1v) is 12.6. The summed E-state index contributed by atoms with van der Waals surface area (Å²) in [6.45, 7) is 5.14. The van der Waals surface area contributed by atoms with Gasteiger partial charge in [-0.3, -0.25) is 9.36 Å². The average Bonchev–Trinajstić information content (AvgIpc) is 3.37. The van der Waals surface area contributed by atoms with Gasteiger partial charge in [0.25, 0.3) is 0 Å². The van der Waals surface area contributed by atoms with Gasteiger partial charge in [0.15, 0.2) is 5.82 Å². The van der Waals surface area contributed by atoms with Gasteiger partial charge in [0.1, 0.15) is 16.5 Å². The average molecular weight is 550 g/mol. The van der Waals surface area contributed by atoms with Gasteiger partial charge in [0, 0.05) is 37.8 Å². The molecule has 11 heteroatoms. The molecule has 0 aliphatic rings. The minimum absolute atomic E-state index is 0.298. The van der Waals surface area contributed by atoms with E-state index >= 15 is 0 Å². The van der Waals surface area contributed by atoms with E-state index in [1.165, 1.54) is 12.3 Å². The Labute approximate surface area is 232 Å². The number of nitrogens with one attached hydrogen (secondary N) is 2. The number of methoxy groups -OCH3 is 2. The molecule has 39 heavy (non-hydrogen) atoms. The first kappa shape index (κ1) is 27.7. The SMILES string of the molecule is C=CC(=O)Nc1cc(Nc2ncc(Cl)c(-n3ccc4c(OC)cccc43)n2)c(OC)cc1N(C)CCN(C)C. The van der Waals surface area contributed by atoms with Crippen LogP contribution in [0.25, 0.3) is 16.7 Å². The lowest BCUT2D eigenvalue weighted by Crippen LogP contribution is -2.29. The van der Waals surface area contributed by atoms with E-state index in [0.717, 1.165) is 35.4 Å². The van der Waals surface area contributed by atoms with Crippen molar-refractivity contribution in [2.75, 3.05) is 64.0 Å². The van der Waals surface area contributed by atoms with E-state index in [1.54, 1.807) is 20.3 Å². The number of nitrogens with zero attached hydrogens (tertiary/aromatic N) is 5. The zero-order valence-electron chi connectivity index (χ0n) is 22.7. The van der Waals surface area contributed by atoms with Crippen LogP contribution >= 0.6 is 11.6 Å². The Morgan fingerprint density at radius 2 is 1.87 bits per heavy atom. The molecule has 1 amide bonds. The van der Waals surface area contributed by atoms with Crippen molar-refractivity contribution in [2.24, 2.45) is 0 Å². The van der Waals surface area contributed by atoms with Gasteiger partial charge in [-0.2, -0.15) is 4.98 Å². The summed E-state index contributed by atoms with van der Waals surface area (Å²) in [7, 11) is 9.19. The lowest BCUT2D eigenvalue weighted by molar-refractivity contribution is -0.111. The Bertz CT molecular complexity index is 1500. The van der Waals surface area contributed by atoms with Crippen LogP contribution in [0.3, 0.4) is 0 Å². The van der Waals surface area contributed by atoms with Crippen LogP contribution in [0.4, 0.5) is 23.0 Å². The first-order chi connectivity index (χ1) is 18.7. The highest BCUT2D eigenvalue weighted by molar-refractivity contribution is 6.32. The molecule has 0 saturated heterocycles. The molecule has 4 rings (SSSR count). The number of likely N-dealkylation sites (N-methyl/N-ethyl adjacent to an activating group) is 2.